The van der Waals surface area contributed by atoms with E-state index in [0.29, 0.717) is 0 Å². The van der Waals surface area contributed by atoms with Crippen LogP contribution in [0.1, 0.15) is 61.0 Å². The van der Waals surface area contributed by atoms with E-state index < -0.39 is 27.4 Å². The van der Waals surface area contributed by atoms with Gasteiger partial charge >= 0.3 is 51.4 Å². The Bertz CT molecular complexity index is 1630. The van der Waals surface area contributed by atoms with Crippen molar-refractivity contribution in [1.29, 1.82) is 5.26 Å². The summed E-state index contributed by atoms with van der Waals surface area (Å²) in [5.74, 6) is -1.73. The van der Waals surface area contributed by atoms with Crippen molar-refractivity contribution < 1.29 is 74.8 Å². The zero-order valence-corrected chi connectivity index (χ0v) is 27.4. The molecule has 0 aliphatic heterocycles. The molecule has 0 aliphatic carbocycles. The Kier molecular flexibility index (Phi) is 12.9. The zero-order chi connectivity index (χ0) is 29.4. The zero-order valence-electron chi connectivity index (χ0n) is 23.4. The third kappa shape index (κ3) is 8.34. The van der Waals surface area contributed by atoms with E-state index in [0.717, 1.165) is 30.3 Å². The average Bonchev–Trinajstić information content (AvgIpc) is 2.93. The number of sulfonamides is 1. The molecule has 0 radical (unpaired) electrons. The summed E-state index contributed by atoms with van der Waals surface area (Å²) in [6.45, 7) is 5.72. The summed E-state index contributed by atoms with van der Waals surface area (Å²) in [5.41, 5.74) is -0.884. The largest absolute Gasteiger partial charge is 1.00 e. The molecule has 3 aromatic rings. The van der Waals surface area contributed by atoms with Crippen LogP contribution in [0.4, 0.5) is 17.1 Å². The maximum absolute atomic E-state index is 13.4. The van der Waals surface area contributed by atoms with Crippen LogP contribution in [0.15, 0.2) is 68.4 Å². The summed E-state index contributed by atoms with van der Waals surface area (Å²) in [5, 5.41) is 39.5. The molecule has 0 fully saturated rings. The number of aromatic nitrogens is 1. The fourth-order valence-corrected chi connectivity index (χ4v) is 5.36. The van der Waals surface area contributed by atoms with E-state index >= 15 is 0 Å². The van der Waals surface area contributed by atoms with Crippen LogP contribution < -0.4 is 66.8 Å². The fourth-order valence-electron chi connectivity index (χ4n) is 4.16. The van der Waals surface area contributed by atoms with E-state index in [1.165, 1.54) is 49.4 Å². The normalized spacial score (nSPS) is 12.0. The SMILES string of the molecule is CCCCC(CC)Cn1c(O)c(C#N)c(C)c(N=Nc2ccccc2S(=O)(=O)Nc2ccc(C(=O)[O-])cc2)c1=O.[K+]. The number of aromatic hydroxyl groups is 1. The number of rotatable bonds is 12. The number of anilines is 1. The van der Waals surface area contributed by atoms with Gasteiger partial charge in [-0.05, 0) is 49.1 Å². The molecule has 13 heteroatoms. The minimum atomic E-state index is -4.20. The number of pyridine rings is 1. The Morgan fingerprint density at radius 1 is 1.15 bits per heavy atom. The fraction of sp³-hybridized carbons (Fsp3) is 0.321. The van der Waals surface area contributed by atoms with Crippen LogP contribution in [0.5, 0.6) is 5.88 Å². The summed E-state index contributed by atoms with van der Waals surface area (Å²) >= 11 is 0. The number of azo groups is 1. The molecule has 210 valence electrons. The number of nitriles is 1. The Morgan fingerprint density at radius 2 is 1.80 bits per heavy atom. The molecule has 0 spiro atoms. The number of carbonyl (C=O) groups excluding carboxylic acids is 1. The van der Waals surface area contributed by atoms with E-state index in [1.807, 2.05) is 13.0 Å². The topological polar surface area (TPSA) is 177 Å². The van der Waals surface area contributed by atoms with E-state index in [-0.39, 0.29) is 102 Å². The summed E-state index contributed by atoms with van der Waals surface area (Å²) < 4.78 is 29.8. The van der Waals surface area contributed by atoms with Gasteiger partial charge in [-0.25, -0.2) is 8.42 Å². The second-order valence-electron chi connectivity index (χ2n) is 9.25. The van der Waals surface area contributed by atoms with Gasteiger partial charge in [0, 0.05) is 17.8 Å². The van der Waals surface area contributed by atoms with E-state index in [1.54, 1.807) is 6.07 Å². The van der Waals surface area contributed by atoms with E-state index in [9.17, 15) is 33.5 Å². The number of nitrogens with one attached hydrogen (secondary N) is 1. The summed E-state index contributed by atoms with van der Waals surface area (Å²) in [6, 6.07) is 12.6. The van der Waals surface area contributed by atoms with Crippen LogP contribution in [0.2, 0.25) is 0 Å². The monoisotopic (exact) mass is 603 g/mol. The van der Waals surface area contributed by atoms with Crippen LogP contribution in [-0.4, -0.2) is 24.1 Å². The minimum absolute atomic E-state index is 0. The molecule has 1 heterocycles. The molecular weight excluding hydrogens is 574 g/mol. The number of carboxylic acids is 1. The number of carboxylic acid groups (broad SMARTS) is 1. The number of carbonyl (C=O) groups is 1. The van der Waals surface area contributed by atoms with Gasteiger partial charge < -0.3 is 15.0 Å². The summed E-state index contributed by atoms with van der Waals surface area (Å²) in [6.07, 6.45) is 3.56. The summed E-state index contributed by atoms with van der Waals surface area (Å²) in [4.78, 5) is 24.1. The van der Waals surface area contributed by atoms with Gasteiger partial charge in [-0.1, -0.05) is 57.4 Å². The van der Waals surface area contributed by atoms with Crippen molar-refractivity contribution in [3.05, 3.63) is 75.6 Å². The minimum Gasteiger partial charge on any atom is -0.545 e. The molecule has 0 saturated heterocycles. The van der Waals surface area contributed by atoms with Gasteiger partial charge in [0.2, 0.25) is 5.88 Å². The number of benzene rings is 2. The van der Waals surface area contributed by atoms with Gasteiger partial charge in [0.15, 0.2) is 5.69 Å². The molecule has 0 saturated carbocycles. The second kappa shape index (κ2) is 15.4. The van der Waals surface area contributed by atoms with Crippen molar-refractivity contribution in [2.24, 2.45) is 16.1 Å². The maximum Gasteiger partial charge on any atom is 1.00 e. The first-order chi connectivity index (χ1) is 19.0. The second-order valence-corrected chi connectivity index (χ2v) is 10.9. The van der Waals surface area contributed by atoms with Crippen molar-refractivity contribution in [2.45, 2.75) is 57.9 Å². The third-order valence-corrected chi connectivity index (χ3v) is 7.97. The predicted molar refractivity (Wildman–Crippen MR) is 147 cm³/mol. The molecule has 2 N–H and O–H groups in total. The first-order valence-corrected chi connectivity index (χ1v) is 14.2. The molecule has 41 heavy (non-hydrogen) atoms. The molecule has 1 atom stereocenters. The van der Waals surface area contributed by atoms with E-state index in [2.05, 4.69) is 21.9 Å². The molecule has 2 aromatic carbocycles. The van der Waals surface area contributed by atoms with Crippen LogP contribution >= 0.6 is 0 Å². The average molecular weight is 604 g/mol. The van der Waals surface area contributed by atoms with Crippen LogP contribution in [0.25, 0.3) is 0 Å². The van der Waals surface area contributed by atoms with Gasteiger partial charge in [-0.2, -0.15) is 5.26 Å². The van der Waals surface area contributed by atoms with Crippen molar-refractivity contribution in [2.75, 3.05) is 4.72 Å². The smallest absolute Gasteiger partial charge is 0.545 e. The van der Waals surface area contributed by atoms with Crippen molar-refractivity contribution in [1.82, 2.24) is 4.57 Å². The molecule has 1 unspecified atom stereocenters. The van der Waals surface area contributed by atoms with Crippen molar-refractivity contribution in [3.8, 4) is 11.9 Å². The molecule has 1 aromatic heterocycles. The first-order valence-electron chi connectivity index (χ1n) is 12.7. The standard InChI is InChI=1S/C28H31N5O6S.K/c1-4-6-9-19(5-2)17-33-26(34)22(16-29)18(3)25(27(33)35)31-30-23-10-7-8-11-24(23)40(38,39)32-21-14-12-20(13-15-21)28(36)37;/h7-8,10-15,19,32,34H,4-6,9,17H2,1-3H3,(H,36,37);/q;+1/p-1. The molecule has 3 rings (SSSR count). The van der Waals surface area contributed by atoms with Gasteiger partial charge in [0.25, 0.3) is 15.6 Å². The van der Waals surface area contributed by atoms with Crippen molar-refractivity contribution >= 4 is 33.1 Å². The first kappa shape index (κ1) is 34.3. The number of hydrogen-bond acceptors (Lipinski definition) is 9. The Labute approximate surface area is 281 Å². The van der Waals surface area contributed by atoms with Crippen LogP contribution in [-0.2, 0) is 16.6 Å². The molecule has 0 aliphatic rings. The number of aromatic carboxylic acids is 1. The number of hydrogen-bond donors (Lipinski definition) is 2. The Hall–Kier alpha value is -2.86. The van der Waals surface area contributed by atoms with Gasteiger partial charge in [-0.15, -0.1) is 10.2 Å². The summed E-state index contributed by atoms with van der Waals surface area (Å²) in [7, 11) is -4.20. The van der Waals surface area contributed by atoms with E-state index in [4.69, 9.17) is 0 Å². The number of unbranched alkanes of at least 4 members (excludes halogenated alkanes) is 1. The van der Waals surface area contributed by atoms with Crippen LogP contribution in [0, 0.1) is 24.2 Å². The molecule has 0 amide bonds. The quantitative estimate of drug-likeness (QED) is 0.233. The maximum atomic E-state index is 13.4. The van der Waals surface area contributed by atoms with Crippen LogP contribution in [0.3, 0.4) is 0 Å². The Balaban J connectivity index is 0.00000588. The van der Waals surface area contributed by atoms with Gasteiger partial charge in [0.1, 0.15) is 22.2 Å². The molecule has 11 nitrogen and oxygen atoms in total. The van der Waals surface area contributed by atoms with Gasteiger partial charge in [-0.3, -0.25) is 14.1 Å². The molecular formula is C28H30KN5O6S. The number of nitrogens with zero attached hydrogens (tertiary/aromatic N) is 4. The molecule has 0 bridgehead atoms. The van der Waals surface area contributed by atoms with Crippen molar-refractivity contribution in [3.63, 3.8) is 0 Å². The predicted octanol–water partition coefficient (Wildman–Crippen LogP) is 1.53. The third-order valence-electron chi connectivity index (χ3n) is 6.54. The Morgan fingerprint density at radius 3 is 2.39 bits per heavy atom. The van der Waals surface area contributed by atoms with Gasteiger partial charge in [0.05, 0.1) is 5.97 Å².